The van der Waals surface area contributed by atoms with E-state index < -0.39 is 47.9 Å². The van der Waals surface area contributed by atoms with Gasteiger partial charge in [0.25, 0.3) is 0 Å². The van der Waals surface area contributed by atoms with E-state index in [2.05, 4.69) is 30.9 Å². The Morgan fingerprint density at radius 2 is 1.63 bits per heavy atom. The Labute approximate surface area is 220 Å². The number of carbonyl (C=O) groups is 4. The third-order valence-corrected chi connectivity index (χ3v) is 6.13. The second kappa shape index (κ2) is 12.9. The Morgan fingerprint density at radius 3 is 2.29 bits per heavy atom. The van der Waals surface area contributed by atoms with Gasteiger partial charge in [0.05, 0.1) is 12.4 Å². The zero-order valence-corrected chi connectivity index (χ0v) is 21.7. The fourth-order valence-electron chi connectivity index (χ4n) is 4.09. The summed E-state index contributed by atoms with van der Waals surface area (Å²) < 4.78 is 0. The van der Waals surface area contributed by atoms with Crippen molar-refractivity contribution in [3.63, 3.8) is 0 Å². The number of benzene rings is 1. The molecule has 0 fully saturated rings. The number of fused-ring (bicyclic) bond motifs is 1. The van der Waals surface area contributed by atoms with Gasteiger partial charge in [0.1, 0.15) is 18.1 Å². The van der Waals surface area contributed by atoms with Crippen LogP contribution in [0.1, 0.15) is 38.4 Å². The van der Waals surface area contributed by atoms with Crippen molar-refractivity contribution in [2.75, 3.05) is 0 Å². The van der Waals surface area contributed by atoms with Crippen LogP contribution in [0.2, 0.25) is 0 Å². The summed E-state index contributed by atoms with van der Waals surface area (Å²) in [5.74, 6) is -2.89. The van der Waals surface area contributed by atoms with Gasteiger partial charge >= 0.3 is 5.97 Å². The Kier molecular flexibility index (Phi) is 9.61. The molecule has 0 saturated heterocycles. The van der Waals surface area contributed by atoms with Gasteiger partial charge in [0, 0.05) is 41.8 Å². The largest absolute Gasteiger partial charge is 0.480 e. The minimum absolute atomic E-state index is 0.0443. The molecule has 3 aromatic rings. The van der Waals surface area contributed by atoms with Crippen molar-refractivity contribution >= 4 is 34.6 Å². The lowest BCUT2D eigenvalue weighted by Gasteiger charge is -2.25. The number of H-pyrrole nitrogens is 2. The molecule has 3 amide bonds. The van der Waals surface area contributed by atoms with Crippen LogP contribution in [-0.2, 0) is 32.0 Å². The molecule has 2 heterocycles. The molecule has 4 unspecified atom stereocenters. The highest BCUT2D eigenvalue weighted by Gasteiger charge is 2.30. The Balaban J connectivity index is 1.78. The zero-order chi connectivity index (χ0) is 27.8. The molecular weight excluding hydrogens is 490 g/mol. The minimum atomic E-state index is -1.20. The summed E-state index contributed by atoms with van der Waals surface area (Å²) in [6.45, 7) is 5.15. The smallest absolute Gasteiger partial charge is 0.325 e. The molecule has 0 spiro atoms. The number of carboxylic acid groups (broad SMARTS) is 1. The van der Waals surface area contributed by atoms with E-state index in [0.29, 0.717) is 12.1 Å². The number of nitrogens with zero attached hydrogens (tertiary/aromatic N) is 1. The number of carbonyl (C=O) groups excluding carboxylic acids is 3. The zero-order valence-electron chi connectivity index (χ0n) is 21.7. The highest BCUT2D eigenvalue weighted by atomic mass is 16.4. The summed E-state index contributed by atoms with van der Waals surface area (Å²) in [6.07, 6.45) is 5.42. The minimum Gasteiger partial charge on any atom is -0.480 e. The molecule has 1 aromatic carbocycles. The van der Waals surface area contributed by atoms with Crippen LogP contribution in [0.15, 0.2) is 43.0 Å². The summed E-state index contributed by atoms with van der Waals surface area (Å²) in [5, 5.41) is 18.0. The van der Waals surface area contributed by atoms with Gasteiger partial charge in [-0.3, -0.25) is 19.2 Å². The van der Waals surface area contributed by atoms with E-state index in [0.717, 1.165) is 16.5 Å². The van der Waals surface area contributed by atoms with Gasteiger partial charge in [-0.1, -0.05) is 32.0 Å². The van der Waals surface area contributed by atoms with Crippen molar-refractivity contribution in [3.8, 4) is 0 Å². The molecule has 38 heavy (non-hydrogen) atoms. The van der Waals surface area contributed by atoms with E-state index in [1.165, 1.54) is 13.3 Å². The van der Waals surface area contributed by atoms with Crippen molar-refractivity contribution in [2.24, 2.45) is 11.7 Å². The second-order valence-corrected chi connectivity index (χ2v) is 9.77. The van der Waals surface area contributed by atoms with Crippen LogP contribution in [0.5, 0.6) is 0 Å². The molecule has 8 N–H and O–H groups in total. The highest BCUT2D eigenvalue weighted by molar-refractivity contribution is 5.94. The van der Waals surface area contributed by atoms with Crippen LogP contribution in [-0.4, -0.2) is 67.9 Å². The highest BCUT2D eigenvalue weighted by Crippen LogP contribution is 2.19. The summed E-state index contributed by atoms with van der Waals surface area (Å²) in [6, 6.07) is 3.40. The van der Waals surface area contributed by atoms with E-state index in [4.69, 9.17) is 5.73 Å². The first-order valence-corrected chi connectivity index (χ1v) is 12.5. The van der Waals surface area contributed by atoms with E-state index in [1.807, 2.05) is 38.1 Å². The van der Waals surface area contributed by atoms with Crippen molar-refractivity contribution in [3.05, 3.63) is 54.2 Å². The van der Waals surface area contributed by atoms with Crippen LogP contribution in [0.3, 0.4) is 0 Å². The van der Waals surface area contributed by atoms with Gasteiger partial charge in [-0.15, -0.1) is 0 Å². The van der Waals surface area contributed by atoms with E-state index >= 15 is 0 Å². The average Bonchev–Trinajstić information content (AvgIpc) is 3.52. The molecule has 0 radical (unpaired) electrons. The predicted octanol–water partition coefficient (Wildman–Crippen LogP) is 0.609. The molecule has 2 aromatic heterocycles. The maximum Gasteiger partial charge on any atom is 0.325 e. The van der Waals surface area contributed by atoms with Crippen LogP contribution in [0, 0.1) is 5.92 Å². The maximum absolute atomic E-state index is 13.4. The van der Waals surface area contributed by atoms with Gasteiger partial charge in [-0.05, 0) is 30.9 Å². The Bertz CT molecular complexity index is 1250. The van der Waals surface area contributed by atoms with Crippen molar-refractivity contribution in [1.82, 2.24) is 30.9 Å². The molecule has 0 saturated carbocycles. The molecule has 4 atom stereocenters. The van der Waals surface area contributed by atoms with Crippen LogP contribution >= 0.6 is 0 Å². The maximum atomic E-state index is 13.4. The average molecular weight is 526 g/mol. The molecule has 12 nitrogen and oxygen atoms in total. The number of nitrogens with one attached hydrogen (secondary N) is 5. The van der Waals surface area contributed by atoms with Crippen molar-refractivity contribution in [2.45, 2.75) is 64.2 Å². The van der Waals surface area contributed by atoms with E-state index in [1.54, 1.807) is 12.4 Å². The van der Waals surface area contributed by atoms with Crippen LogP contribution in [0.4, 0.5) is 0 Å². The number of carboxylic acids is 1. The van der Waals surface area contributed by atoms with Crippen LogP contribution in [0.25, 0.3) is 10.9 Å². The van der Waals surface area contributed by atoms with E-state index in [-0.39, 0.29) is 18.8 Å². The molecule has 0 aliphatic carbocycles. The number of rotatable bonds is 13. The molecule has 3 rings (SSSR count). The predicted molar refractivity (Wildman–Crippen MR) is 141 cm³/mol. The monoisotopic (exact) mass is 525 g/mol. The number of aromatic nitrogens is 3. The number of aromatic amines is 2. The fraction of sp³-hybridized carbons (Fsp3) is 0.423. The standard InChI is InChI=1S/C26H35N7O5/c1-14(2)8-21(32-23(34)19(27)10-17-12-28-13-30-17)25(36)33-22(24(35)31-15(3)26(37)38)9-16-11-29-20-7-5-4-6-18(16)20/h4-7,11-15,19,21-22,29H,8-10,27H2,1-3H3,(H,28,30)(H,31,35)(H,32,34)(H,33,36)(H,37,38). The SMILES string of the molecule is CC(C)CC(NC(=O)C(N)Cc1cnc[nH]1)C(=O)NC(Cc1c[nH]c2ccccc12)C(=O)NC(C)C(=O)O. The topological polar surface area (TPSA) is 195 Å². The third kappa shape index (κ3) is 7.65. The lowest BCUT2D eigenvalue weighted by atomic mass is 10.00. The van der Waals surface area contributed by atoms with E-state index in [9.17, 15) is 24.3 Å². The van der Waals surface area contributed by atoms with Gasteiger partial charge in [0.2, 0.25) is 17.7 Å². The lowest BCUT2D eigenvalue weighted by Crippen LogP contribution is -2.57. The summed E-state index contributed by atoms with van der Waals surface area (Å²) in [5.41, 5.74) is 8.37. The first-order chi connectivity index (χ1) is 18.0. The number of hydrogen-bond donors (Lipinski definition) is 7. The number of hydrogen-bond acceptors (Lipinski definition) is 6. The number of nitrogens with two attached hydrogens (primary N) is 1. The number of amides is 3. The molecular formula is C26H35N7O5. The quantitative estimate of drug-likeness (QED) is 0.170. The van der Waals surface area contributed by atoms with Crippen molar-refractivity contribution in [1.29, 1.82) is 0 Å². The first kappa shape index (κ1) is 28.4. The summed E-state index contributed by atoms with van der Waals surface area (Å²) in [4.78, 5) is 60.6. The molecule has 0 aliphatic rings. The molecule has 204 valence electrons. The molecule has 12 heteroatoms. The van der Waals surface area contributed by atoms with Gasteiger partial charge in [0.15, 0.2) is 0 Å². The third-order valence-electron chi connectivity index (χ3n) is 6.13. The summed E-state index contributed by atoms with van der Waals surface area (Å²) in [7, 11) is 0. The normalized spacial score (nSPS) is 14.4. The fourth-order valence-corrected chi connectivity index (χ4v) is 4.09. The molecule has 0 aliphatic heterocycles. The summed E-state index contributed by atoms with van der Waals surface area (Å²) >= 11 is 0. The van der Waals surface area contributed by atoms with Gasteiger partial charge in [-0.25, -0.2) is 4.98 Å². The Morgan fingerprint density at radius 1 is 0.947 bits per heavy atom. The lowest BCUT2D eigenvalue weighted by molar-refractivity contribution is -0.141. The van der Waals surface area contributed by atoms with Crippen molar-refractivity contribution < 1.29 is 24.3 Å². The number of imidazole rings is 1. The Hall–Kier alpha value is -4.19. The first-order valence-electron chi connectivity index (χ1n) is 12.5. The van der Waals surface area contributed by atoms with Gasteiger partial charge < -0.3 is 36.8 Å². The molecule has 0 bridgehead atoms. The number of aliphatic carboxylic acids is 1. The van der Waals surface area contributed by atoms with Gasteiger partial charge in [-0.2, -0.15) is 0 Å². The second-order valence-electron chi connectivity index (χ2n) is 9.77. The number of para-hydroxylation sites is 1. The van der Waals surface area contributed by atoms with Crippen LogP contribution < -0.4 is 21.7 Å².